The number of benzene rings is 1. The Bertz CT molecular complexity index is 319. The Balaban J connectivity index is 1.84. The van der Waals surface area contributed by atoms with Crippen LogP contribution in [0.25, 0.3) is 0 Å². The molecule has 16 heavy (non-hydrogen) atoms. The molecule has 0 bridgehead atoms. The standard InChI is InChI=1S/C13H19BrN2/c14-12-5-3-11(4-6-12)13(9-15)16-8-7-10-1-2-10/h3-6,10,13,16H,1-2,7-9,15H2. The molecule has 0 heterocycles. The van der Waals surface area contributed by atoms with Crippen LogP contribution in [-0.4, -0.2) is 13.1 Å². The molecule has 1 unspecified atom stereocenters. The van der Waals surface area contributed by atoms with Crippen LogP contribution >= 0.6 is 15.9 Å². The van der Waals surface area contributed by atoms with Crippen LogP contribution < -0.4 is 11.1 Å². The molecule has 0 spiro atoms. The van der Waals surface area contributed by atoms with Crippen molar-refractivity contribution in [2.45, 2.75) is 25.3 Å². The minimum atomic E-state index is 0.298. The molecule has 0 aliphatic heterocycles. The van der Waals surface area contributed by atoms with Crippen LogP contribution in [0.15, 0.2) is 28.7 Å². The van der Waals surface area contributed by atoms with E-state index in [1.807, 2.05) is 0 Å². The lowest BCUT2D eigenvalue weighted by molar-refractivity contribution is 0.516. The van der Waals surface area contributed by atoms with Gasteiger partial charge in [0, 0.05) is 17.1 Å². The molecule has 0 saturated heterocycles. The van der Waals surface area contributed by atoms with E-state index in [4.69, 9.17) is 5.73 Å². The first-order valence-corrected chi connectivity index (χ1v) is 6.78. The molecule has 1 aliphatic carbocycles. The largest absolute Gasteiger partial charge is 0.329 e. The topological polar surface area (TPSA) is 38.0 Å². The quantitative estimate of drug-likeness (QED) is 0.842. The molecule has 1 aliphatic rings. The number of nitrogens with one attached hydrogen (secondary N) is 1. The van der Waals surface area contributed by atoms with Crippen molar-refractivity contribution in [1.82, 2.24) is 5.32 Å². The minimum absolute atomic E-state index is 0.298. The van der Waals surface area contributed by atoms with Gasteiger partial charge in [-0.2, -0.15) is 0 Å². The zero-order valence-electron chi connectivity index (χ0n) is 9.45. The van der Waals surface area contributed by atoms with Crippen molar-refractivity contribution in [3.05, 3.63) is 34.3 Å². The predicted octanol–water partition coefficient (Wildman–Crippen LogP) is 2.84. The van der Waals surface area contributed by atoms with Gasteiger partial charge < -0.3 is 11.1 Å². The van der Waals surface area contributed by atoms with Crippen LogP contribution in [0.5, 0.6) is 0 Å². The maximum absolute atomic E-state index is 5.80. The zero-order valence-corrected chi connectivity index (χ0v) is 11.0. The molecule has 1 saturated carbocycles. The smallest absolute Gasteiger partial charge is 0.0444 e. The van der Waals surface area contributed by atoms with E-state index < -0.39 is 0 Å². The Morgan fingerprint density at radius 3 is 2.56 bits per heavy atom. The molecule has 1 aromatic carbocycles. The summed E-state index contributed by atoms with van der Waals surface area (Å²) >= 11 is 3.44. The molecule has 3 N–H and O–H groups in total. The first-order chi connectivity index (χ1) is 7.79. The third-order valence-electron chi connectivity index (χ3n) is 3.15. The third-order valence-corrected chi connectivity index (χ3v) is 3.68. The summed E-state index contributed by atoms with van der Waals surface area (Å²) in [6.07, 6.45) is 4.15. The van der Waals surface area contributed by atoms with E-state index in [1.54, 1.807) is 0 Å². The number of hydrogen-bond acceptors (Lipinski definition) is 2. The van der Waals surface area contributed by atoms with Crippen LogP contribution in [0, 0.1) is 5.92 Å². The van der Waals surface area contributed by atoms with Crippen molar-refractivity contribution in [2.75, 3.05) is 13.1 Å². The fourth-order valence-corrected chi connectivity index (χ4v) is 2.16. The Morgan fingerprint density at radius 1 is 1.31 bits per heavy atom. The van der Waals surface area contributed by atoms with Gasteiger partial charge in [-0.1, -0.05) is 40.9 Å². The van der Waals surface area contributed by atoms with E-state index in [0.29, 0.717) is 12.6 Å². The summed E-state index contributed by atoms with van der Waals surface area (Å²) in [5.74, 6) is 0.982. The Morgan fingerprint density at radius 2 is 2.00 bits per heavy atom. The second-order valence-corrected chi connectivity index (χ2v) is 5.44. The second kappa shape index (κ2) is 5.80. The summed E-state index contributed by atoms with van der Waals surface area (Å²) in [4.78, 5) is 0. The molecule has 2 nitrogen and oxygen atoms in total. The van der Waals surface area contributed by atoms with E-state index in [1.165, 1.54) is 24.8 Å². The van der Waals surface area contributed by atoms with Crippen molar-refractivity contribution in [1.29, 1.82) is 0 Å². The van der Waals surface area contributed by atoms with Gasteiger partial charge >= 0.3 is 0 Å². The molecule has 1 fully saturated rings. The molecule has 0 amide bonds. The van der Waals surface area contributed by atoms with Crippen molar-refractivity contribution >= 4 is 15.9 Å². The van der Waals surface area contributed by atoms with Crippen LogP contribution in [0.2, 0.25) is 0 Å². The Kier molecular flexibility index (Phi) is 4.38. The van der Waals surface area contributed by atoms with Gasteiger partial charge in [-0.3, -0.25) is 0 Å². The van der Waals surface area contributed by atoms with Crippen LogP contribution in [0.1, 0.15) is 30.9 Å². The second-order valence-electron chi connectivity index (χ2n) is 4.53. The van der Waals surface area contributed by atoms with E-state index in [0.717, 1.165) is 16.9 Å². The molecule has 88 valence electrons. The maximum atomic E-state index is 5.80. The zero-order chi connectivity index (χ0) is 11.4. The van der Waals surface area contributed by atoms with E-state index in [2.05, 4.69) is 45.5 Å². The van der Waals surface area contributed by atoms with E-state index in [9.17, 15) is 0 Å². The Labute approximate surface area is 106 Å². The SMILES string of the molecule is NCC(NCCC1CC1)c1ccc(Br)cc1. The number of hydrogen-bond donors (Lipinski definition) is 2. The van der Waals surface area contributed by atoms with E-state index in [-0.39, 0.29) is 0 Å². The first kappa shape index (κ1) is 12.1. The number of nitrogens with two attached hydrogens (primary N) is 1. The summed E-state index contributed by atoms with van der Waals surface area (Å²) in [5, 5.41) is 3.54. The van der Waals surface area contributed by atoms with Gasteiger partial charge in [0.15, 0.2) is 0 Å². The molecule has 1 atom stereocenters. The fourth-order valence-electron chi connectivity index (χ4n) is 1.90. The summed E-state index contributed by atoms with van der Waals surface area (Å²) in [5.41, 5.74) is 7.08. The highest BCUT2D eigenvalue weighted by Crippen LogP contribution is 2.31. The van der Waals surface area contributed by atoms with Gasteiger partial charge in [-0.15, -0.1) is 0 Å². The average molecular weight is 283 g/mol. The van der Waals surface area contributed by atoms with Gasteiger partial charge in [-0.25, -0.2) is 0 Å². The monoisotopic (exact) mass is 282 g/mol. The van der Waals surface area contributed by atoms with Gasteiger partial charge in [0.1, 0.15) is 0 Å². The highest BCUT2D eigenvalue weighted by Gasteiger charge is 2.20. The summed E-state index contributed by atoms with van der Waals surface area (Å²) in [7, 11) is 0. The average Bonchev–Trinajstić information content (AvgIpc) is 3.10. The third kappa shape index (κ3) is 3.58. The highest BCUT2D eigenvalue weighted by atomic mass is 79.9. The Hall–Kier alpha value is -0.380. The van der Waals surface area contributed by atoms with E-state index >= 15 is 0 Å². The summed E-state index contributed by atoms with van der Waals surface area (Å²) in [6.45, 7) is 1.74. The lowest BCUT2D eigenvalue weighted by Gasteiger charge is -2.17. The van der Waals surface area contributed by atoms with Crippen LogP contribution in [0.4, 0.5) is 0 Å². The van der Waals surface area contributed by atoms with Crippen LogP contribution in [0.3, 0.4) is 0 Å². The lowest BCUT2D eigenvalue weighted by Crippen LogP contribution is -2.29. The molecule has 0 radical (unpaired) electrons. The summed E-state index contributed by atoms with van der Waals surface area (Å²) in [6, 6.07) is 8.70. The number of halogens is 1. The highest BCUT2D eigenvalue weighted by molar-refractivity contribution is 9.10. The molecular weight excluding hydrogens is 264 g/mol. The van der Waals surface area contributed by atoms with Gasteiger partial charge in [-0.05, 0) is 36.6 Å². The normalized spacial score (nSPS) is 17.4. The lowest BCUT2D eigenvalue weighted by atomic mass is 10.1. The predicted molar refractivity (Wildman–Crippen MR) is 71.3 cm³/mol. The number of rotatable bonds is 6. The van der Waals surface area contributed by atoms with Gasteiger partial charge in [0.25, 0.3) is 0 Å². The molecule has 3 heteroatoms. The molecule has 2 rings (SSSR count). The van der Waals surface area contributed by atoms with Crippen molar-refractivity contribution in [3.63, 3.8) is 0 Å². The maximum Gasteiger partial charge on any atom is 0.0444 e. The molecule has 1 aromatic rings. The first-order valence-electron chi connectivity index (χ1n) is 5.98. The van der Waals surface area contributed by atoms with Gasteiger partial charge in [0.2, 0.25) is 0 Å². The fraction of sp³-hybridized carbons (Fsp3) is 0.538. The van der Waals surface area contributed by atoms with Crippen molar-refractivity contribution < 1.29 is 0 Å². The molecular formula is C13H19BrN2. The minimum Gasteiger partial charge on any atom is -0.329 e. The molecule has 0 aromatic heterocycles. The summed E-state index contributed by atoms with van der Waals surface area (Å²) < 4.78 is 1.12. The van der Waals surface area contributed by atoms with Crippen molar-refractivity contribution in [3.8, 4) is 0 Å². The van der Waals surface area contributed by atoms with Crippen LogP contribution in [-0.2, 0) is 0 Å². The van der Waals surface area contributed by atoms with Gasteiger partial charge in [0.05, 0.1) is 0 Å². The van der Waals surface area contributed by atoms with Crippen molar-refractivity contribution in [2.24, 2.45) is 11.7 Å².